The molecular weight excluding hydrogens is 250 g/mol. The Kier molecular flexibility index (Phi) is 3.92. The molecule has 0 aromatic heterocycles. The number of ether oxygens (including phenoxy) is 1. The third kappa shape index (κ3) is 3.46. The second-order valence-corrected chi connectivity index (χ2v) is 6.77. The first kappa shape index (κ1) is 13.4. The molecule has 0 atom stereocenters. The van der Waals surface area contributed by atoms with Crippen molar-refractivity contribution in [2.24, 2.45) is 0 Å². The van der Waals surface area contributed by atoms with E-state index in [0.29, 0.717) is 13.1 Å². The van der Waals surface area contributed by atoms with Gasteiger partial charge in [0.05, 0.1) is 6.26 Å². The SMILES string of the molecule is Cc1ccc(OC2CCN(S(C)(=O)=O)CC2)cc1. The van der Waals surface area contributed by atoms with Crippen LogP contribution in [-0.4, -0.2) is 38.2 Å². The molecule has 0 N–H and O–H groups in total. The third-order valence-electron chi connectivity index (χ3n) is 3.19. The number of piperidine rings is 1. The Morgan fingerprint density at radius 3 is 2.22 bits per heavy atom. The van der Waals surface area contributed by atoms with E-state index in [-0.39, 0.29) is 6.10 Å². The summed E-state index contributed by atoms with van der Waals surface area (Å²) in [5, 5.41) is 0. The van der Waals surface area contributed by atoms with Gasteiger partial charge in [0.25, 0.3) is 0 Å². The molecule has 1 saturated heterocycles. The Labute approximate surface area is 109 Å². The monoisotopic (exact) mass is 269 g/mol. The van der Waals surface area contributed by atoms with Crippen LogP contribution in [0.1, 0.15) is 18.4 Å². The average Bonchev–Trinajstić information content (AvgIpc) is 2.32. The number of aryl methyl sites for hydroxylation is 1. The van der Waals surface area contributed by atoms with E-state index < -0.39 is 10.0 Å². The molecule has 1 aliphatic rings. The van der Waals surface area contributed by atoms with Gasteiger partial charge in [-0.15, -0.1) is 0 Å². The van der Waals surface area contributed by atoms with E-state index in [1.165, 1.54) is 16.1 Å². The van der Waals surface area contributed by atoms with E-state index >= 15 is 0 Å². The smallest absolute Gasteiger partial charge is 0.211 e. The molecule has 1 aromatic rings. The highest BCUT2D eigenvalue weighted by molar-refractivity contribution is 7.88. The standard InChI is InChI=1S/C13H19NO3S/c1-11-3-5-12(6-4-11)17-13-7-9-14(10-8-13)18(2,15)16/h3-6,13H,7-10H2,1-2H3. The summed E-state index contributed by atoms with van der Waals surface area (Å²) in [6.07, 6.45) is 2.88. The molecule has 100 valence electrons. The van der Waals surface area contributed by atoms with Crippen molar-refractivity contribution in [1.29, 1.82) is 0 Å². The second-order valence-electron chi connectivity index (χ2n) is 4.79. The van der Waals surface area contributed by atoms with E-state index in [4.69, 9.17) is 4.74 Å². The molecule has 0 radical (unpaired) electrons. The maximum absolute atomic E-state index is 11.4. The zero-order valence-electron chi connectivity index (χ0n) is 10.8. The minimum atomic E-state index is -3.05. The average molecular weight is 269 g/mol. The topological polar surface area (TPSA) is 46.6 Å². The van der Waals surface area contributed by atoms with Gasteiger partial charge in [0.1, 0.15) is 11.9 Å². The van der Waals surface area contributed by atoms with Crippen LogP contribution in [0.4, 0.5) is 0 Å². The first-order chi connectivity index (χ1) is 8.45. The normalized spacial score (nSPS) is 18.8. The molecule has 1 heterocycles. The predicted molar refractivity (Wildman–Crippen MR) is 71.2 cm³/mol. The largest absolute Gasteiger partial charge is 0.490 e. The lowest BCUT2D eigenvalue weighted by Gasteiger charge is -2.30. The van der Waals surface area contributed by atoms with E-state index in [0.717, 1.165) is 18.6 Å². The summed E-state index contributed by atoms with van der Waals surface area (Å²) in [7, 11) is -3.05. The molecule has 0 aliphatic carbocycles. The van der Waals surface area contributed by atoms with E-state index in [1.807, 2.05) is 31.2 Å². The lowest BCUT2D eigenvalue weighted by atomic mass is 10.1. The van der Waals surface area contributed by atoms with Crippen LogP contribution in [-0.2, 0) is 10.0 Å². The van der Waals surface area contributed by atoms with E-state index in [2.05, 4.69) is 0 Å². The van der Waals surface area contributed by atoms with Gasteiger partial charge in [-0.25, -0.2) is 12.7 Å². The molecular formula is C13H19NO3S. The molecule has 0 saturated carbocycles. The van der Waals surface area contributed by atoms with Crippen LogP contribution in [0.3, 0.4) is 0 Å². The fourth-order valence-electron chi connectivity index (χ4n) is 2.09. The summed E-state index contributed by atoms with van der Waals surface area (Å²) >= 11 is 0. The maximum atomic E-state index is 11.4. The van der Waals surface area contributed by atoms with Gasteiger partial charge in [-0.2, -0.15) is 0 Å². The number of nitrogens with zero attached hydrogens (tertiary/aromatic N) is 1. The van der Waals surface area contributed by atoms with Gasteiger partial charge in [-0.3, -0.25) is 0 Å². The van der Waals surface area contributed by atoms with Gasteiger partial charge in [-0.05, 0) is 31.9 Å². The highest BCUT2D eigenvalue weighted by atomic mass is 32.2. The van der Waals surface area contributed by atoms with Crippen molar-refractivity contribution in [2.45, 2.75) is 25.9 Å². The van der Waals surface area contributed by atoms with Gasteiger partial charge in [0, 0.05) is 13.1 Å². The summed E-state index contributed by atoms with van der Waals surface area (Å²) in [6, 6.07) is 7.94. The molecule has 18 heavy (non-hydrogen) atoms. The number of benzene rings is 1. The van der Waals surface area contributed by atoms with Gasteiger partial charge < -0.3 is 4.74 Å². The Bertz CT molecular complexity index is 487. The molecule has 5 heteroatoms. The van der Waals surface area contributed by atoms with Crippen molar-refractivity contribution in [3.05, 3.63) is 29.8 Å². The highest BCUT2D eigenvalue weighted by Gasteiger charge is 2.25. The molecule has 1 fully saturated rings. The first-order valence-corrected chi connectivity index (χ1v) is 7.98. The zero-order valence-corrected chi connectivity index (χ0v) is 11.6. The summed E-state index contributed by atoms with van der Waals surface area (Å²) < 4.78 is 30.1. The number of hydrogen-bond acceptors (Lipinski definition) is 3. The fourth-order valence-corrected chi connectivity index (χ4v) is 2.97. The zero-order chi connectivity index (χ0) is 13.2. The van der Waals surface area contributed by atoms with Crippen molar-refractivity contribution in [3.63, 3.8) is 0 Å². The predicted octanol–water partition coefficient (Wildman–Crippen LogP) is 1.80. The van der Waals surface area contributed by atoms with E-state index in [1.54, 1.807) is 0 Å². The minimum Gasteiger partial charge on any atom is -0.490 e. The summed E-state index contributed by atoms with van der Waals surface area (Å²) in [5.41, 5.74) is 1.20. The van der Waals surface area contributed by atoms with E-state index in [9.17, 15) is 8.42 Å². The van der Waals surface area contributed by atoms with Crippen molar-refractivity contribution in [3.8, 4) is 5.75 Å². The van der Waals surface area contributed by atoms with Crippen LogP contribution in [0.25, 0.3) is 0 Å². The molecule has 0 bridgehead atoms. The van der Waals surface area contributed by atoms with Gasteiger partial charge in [-0.1, -0.05) is 17.7 Å². The molecule has 4 nitrogen and oxygen atoms in total. The van der Waals surface area contributed by atoms with Crippen LogP contribution in [0.5, 0.6) is 5.75 Å². The van der Waals surface area contributed by atoms with Gasteiger partial charge >= 0.3 is 0 Å². The number of rotatable bonds is 3. The Morgan fingerprint density at radius 2 is 1.72 bits per heavy atom. The quantitative estimate of drug-likeness (QED) is 0.840. The highest BCUT2D eigenvalue weighted by Crippen LogP contribution is 2.20. The Balaban J connectivity index is 1.89. The molecule has 1 aromatic carbocycles. The number of sulfonamides is 1. The van der Waals surface area contributed by atoms with Crippen molar-refractivity contribution < 1.29 is 13.2 Å². The summed E-state index contributed by atoms with van der Waals surface area (Å²) in [6.45, 7) is 3.14. The van der Waals surface area contributed by atoms with Gasteiger partial charge in [0.15, 0.2) is 0 Å². The third-order valence-corrected chi connectivity index (χ3v) is 4.50. The van der Waals surface area contributed by atoms with Crippen molar-refractivity contribution in [2.75, 3.05) is 19.3 Å². The van der Waals surface area contributed by atoms with Crippen LogP contribution in [0.15, 0.2) is 24.3 Å². The van der Waals surface area contributed by atoms with Crippen LogP contribution in [0.2, 0.25) is 0 Å². The van der Waals surface area contributed by atoms with Gasteiger partial charge in [0.2, 0.25) is 10.0 Å². The van der Waals surface area contributed by atoms with Crippen LogP contribution < -0.4 is 4.74 Å². The molecule has 1 aliphatic heterocycles. The molecule has 0 unspecified atom stereocenters. The summed E-state index contributed by atoms with van der Waals surface area (Å²) in [5.74, 6) is 0.860. The van der Waals surface area contributed by atoms with Crippen molar-refractivity contribution in [1.82, 2.24) is 4.31 Å². The Hall–Kier alpha value is -1.07. The lowest BCUT2D eigenvalue weighted by molar-refractivity contribution is 0.135. The van der Waals surface area contributed by atoms with Crippen LogP contribution in [0, 0.1) is 6.92 Å². The van der Waals surface area contributed by atoms with Crippen LogP contribution >= 0.6 is 0 Å². The minimum absolute atomic E-state index is 0.116. The first-order valence-electron chi connectivity index (χ1n) is 6.13. The fraction of sp³-hybridized carbons (Fsp3) is 0.538. The molecule has 0 spiro atoms. The Morgan fingerprint density at radius 1 is 1.17 bits per heavy atom. The molecule has 2 rings (SSSR count). The van der Waals surface area contributed by atoms with Crippen molar-refractivity contribution >= 4 is 10.0 Å². The second kappa shape index (κ2) is 5.28. The molecule has 0 amide bonds. The number of hydrogen-bond donors (Lipinski definition) is 0. The summed E-state index contributed by atoms with van der Waals surface area (Å²) in [4.78, 5) is 0. The maximum Gasteiger partial charge on any atom is 0.211 e. The lowest BCUT2D eigenvalue weighted by Crippen LogP contribution is -2.41.